The topological polar surface area (TPSA) is 113 Å². The maximum atomic E-state index is 13.0. The molecule has 30 heavy (non-hydrogen) atoms. The number of carbonyl (C=O) groups excluding carboxylic acids is 3. The quantitative estimate of drug-likeness (QED) is 0.299. The van der Waals surface area contributed by atoms with Crippen molar-refractivity contribution in [1.29, 1.82) is 0 Å². The Bertz CT molecular complexity index is 1190. The highest BCUT2D eigenvalue weighted by atomic mass is 32.1. The molecule has 0 saturated carbocycles. The minimum atomic E-state index is -0.933. The van der Waals surface area contributed by atoms with Crippen molar-refractivity contribution in [3.63, 3.8) is 0 Å². The van der Waals surface area contributed by atoms with E-state index < -0.39 is 17.7 Å². The van der Waals surface area contributed by atoms with E-state index in [0.717, 1.165) is 11.3 Å². The Hall–Kier alpha value is -3.72. The molecule has 1 aliphatic rings. The zero-order valence-electron chi connectivity index (χ0n) is 16.1. The largest absolute Gasteiger partial charge is 0.507 e. The molecule has 0 spiro atoms. The van der Waals surface area contributed by atoms with E-state index in [0.29, 0.717) is 21.7 Å². The number of ketones is 2. The van der Waals surface area contributed by atoms with E-state index in [2.05, 4.69) is 15.0 Å². The van der Waals surface area contributed by atoms with E-state index in [1.165, 1.54) is 30.4 Å². The van der Waals surface area contributed by atoms with Crippen molar-refractivity contribution in [2.24, 2.45) is 0 Å². The third kappa shape index (κ3) is 3.18. The third-order valence-corrected chi connectivity index (χ3v) is 5.97. The molecule has 0 aliphatic carbocycles. The fourth-order valence-corrected chi connectivity index (χ4v) is 4.35. The molecule has 9 heteroatoms. The molecule has 1 unspecified atom stereocenters. The molecule has 1 fully saturated rings. The number of aliphatic hydroxyl groups is 1. The van der Waals surface area contributed by atoms with Crippen molar-refractivity contribution < 1.29 is 19.5 Å². The van der Waals surface area contributed by atoms with Crippen molar-refractivity contribution in [3.8, 4) is 0 Å². The van der Waals surface area contributed by atoms with Crippen LogP contribution >= 0.6 is 11.3 Å². The van der Waals surface area contributed by atoms with Crippen LogP contribution in [0.1, 0.15) is 39.5 Å². The van der Waals surface area contributed by atoms with E-state index in [-0.39, 0.29) is 22.2 Å². The number of anilines is 1. The minimum absolute atomic E-state index is 0.0728. The number of Topliss-reactive ketones (excluding diaryl/α,β-unsaturated/α-hetero) is 2. The number of hydrogen-bond donors (Lipinski definition) is 1. The van der Waals surface area contributed by atoms with Crippen LogP contribution in [0.4, 0.5) is 5.13 Å². The number of pyridine rings is 2. The highest BCUT2D eigenvalue weighted by molar-refractivity contribution is 7.18. The first-order valence-corrected chi connectivity index (χ1v) is 9.81. The van der Waals surface area contributed by atoms with Crippen LogP contribution in [0, 0.1) is 6.92 Å². The van der Waals surface area contributed by atoms with Crippen LogP contribution in [0.5, 0.6) is 0 Å². The lowest BCUT2D eigenvalue weighted by Gasteiger charge is -2.22. The summed E-state index contributed by atoms with van der Waals surface area (Å²) in [6.45, 7) is 3.09. The smallest absolute Gasteiger partial charge is 0.301 e. The van der Waals surface area contributed by atoms with E-state index >= 15 is 0 Å². The lowest BCUT2D eigenvalue weighted by atomic mass is 9.97. The molecule has 1 aliphatic heterocycles. The molecule has 0 radical (unpaired) electrons. The molecule has 3 aromatic heterocycles. The van der Waals surface area contributed by atoms with Crippen LogP contribution in [-0.4, -0.2) is 37.5 Å². The lowest BCUT2D eigenvalue weighted by molar-refractivity contribution is -0.132. The van der Waals surface area contributed by atoms with Crippen molar-refractivity contribution >= 4 is 39.7 Å². The summed E-state index contributed by atoms with van der Waals surface area (Å²) in [5, 5.41) is 11.1. The number of aryl methyl sites for hydroxylation is 1. The summed E-state index contributed by atoms with van der Waals surface area (Å²) in [6.07, 6.45) is 6.05. The summed E-state index contributed by atoms with van der Waals surface area (Å²) in [7, 11) is 0. The average molecular weight is 420 g/mol. The molecule has 1 N–H and O–H groups in total. The molecular weight excluding hydrogens is 404 g/mol. The Morgan fingerprint density at radius 1 is 1.13 bits per heavy atom. The summed E-state index contributed by atoms with van der Waals surface area (Å²) in [5.41, 5.74) is 1.29. The van der Waals surface area contributed by atoms with Gasteiger partial charge in [0.15, 0.2) is 10.9 Å². The van der Waals surface area contributed by atoms with Gasteiger partial charge in [0.05, 0.1) is 22.2 Å². The summed E-state index contributed by atoms with van der Waals surface area (Å²) in [6, 6.07) is 5.55. The Morgan fingerprint density at radius 2 is 1.87 bits per heavy atom. The molecule has 0 aromatic carbocycles. The molecule has 3 aromatic rings. The maximum absolute atomic E-state index is 13.0. The van der Waals surface area contributed by atoms with Crippen LogP contribution in [0.25, 0.3) is 5.76 Å². The van der Waals surface area contributed by atoms with Gasteiger partial charge in [-0.1, -0.05) is 17.4 Å². The van der Waals surface area contributed by atoms with Gasteiger partial charge in [-0.2, -0.15) is 0 Å². The van der Waals surface area contributed by atoms with Crippen LogP contribution in [0.15, 0.2) is 54.6 Å². The van der Waals surface area contributed by atoms with Gasteiger partial charge in [-0.05, 0) is 30.7 Å². The Balaban J connectivity index is 1.94. The number of aliphatic hydroxyl groups excluding tert-OH is 1. The molecule has 150 valence electrons. The average Bonchev–Trinajstić information content (AvgIpc) is 3.26. The number of thiazole rings is 1. The molecular formula is C21H16N4O4S. The van der Waals surface area contributed by atoms with Gasteiger partial charge in [-0.25, -0.2) is 4.98 Å². The molecule has 4 heterocycles. The second-order valence-electron chi connectivity index (χ2n) is 6.66. The summed E-state index contributed by atoms with van der Waals surface area (Å²) in [4.78, 5) is 51.9. The number of hydrogen-bond acceptors (Lipinski definition) is 8. The van der Waals surface area contributed by atoms with Crippen molar-refractivity contribution in [2.45, 2.75) is 19.9 Å². The first kappa shape index (κ1) is 19.6. The number of amides is 1. The molecule has 8 nitrogen and oxygen atoms in total. The Labute approximate surface area is 175 Å². The Kier molecular flexibility index (Phi) is 4.96. The first-order chi connectivity index (χ1) is 14.4. The predicted octanol–water partition coefficient (Wildman–Crippen LogP) is 3.07. The van der Waals surface area contributed by atoms with Crippen molar-refractivity contribution in [2.75, 3.05) is 4.90 Å². The lowest BCUT2D eigenvalue weighted by Crippen LogP contribution is -2.29. The van der Waals surface area contributed by atoms with Gasteiger partial charge in [0, 0.05) is 37.3 Å². The summed E-state index contributed by atoms with van der Waals surface area (Å²) >= 11 is 1.04. The number of rotatable bonds is 4. The molecule has 0 bridgehead atoms. The van der Waals surface area contributed by atoms with Gasteiger partial charge in [-0.3, -0.25) is 29.3 Å². The van der Waals surface area contributed by atoms with Crippen LogP contribution < -0.4 is 4.90 Å². The summed E-state index contributed by atoms with van der Waals surface area (Å²) < 4.78 is 0. The second-order valence-corrected chi connectivity index (χ2v) is 7.64. The van der Waals surface area contributed by atoms with Gasteiger partial charge in [0.1, 0.15) is 5.76 Å². The van der Waals surface area contributed by atoms with Crippen molar-refractivity contribution in [1.82, 2.24) is 15.0 Å². The van der Waals surface area contributed by atoms with Gasteiger partial charge in [-0.15, -0.1) is 0 Å². The van der Waals surface area contributed by atoms with E-state index in [9.17, 15) is 19.5 Å². The first-order valence-electron chi connectivity index (χ1n) is 9.00. The molecule has 1 amide bonds. The SMILES string of the molecule is CC(=O)c1sc(N2C(=O)C(=O)/C(=C(/O)c3ccncc3)C2c2cccnc2)nc1C. The van der Waals surface area contributed by atoms with Gasteiger partial charge in [0.2, 0.25) is 0 Å². The molecule has 1 atom stereocenters. The molecule has 4 rings (SSSR count). The van der Waals surface area contributed by atoms with Crippen molar-refractivity contribution in [3.05, 3.63) is 76.3 Å². The Morgan fingerprint density at radius 3 is 2.47 bits per heavy atom. The highest BCUT2D eigenvalue weighted by Gasteiger charge is 2.48. The number of carbonyl (C=O) groups is 3. The van der Waals surface area contributed by atoms with Gasteiger partial charge < -0.3 is 5.11 Å². The van der Waals surface area contributed by atoms with E-state index in [4.69, 9.17) is 0 Å². The van der Waals surface area contributed by atoms with Crippen LogP contribution in [-0.2, 0) is 9.59 Å². The zero-order chi connectivity index (χ0) is 21.4. The monoisotopic (exact) mass is 420 g/mol. The van der Waals surface area contributed by atoms with Gasteiger partial charge >= 0.3 is 5.91 Å². The van der Waals surface area contributed by atoms with Gasteiger partial charge in [0.25, 0.3) is 5.78 Å². The second kappa shape index (κ2) is 7.60. The van der Waals surface area contributed by atoms with E-state index in [1.807, 2.05) is 0 Å². The standard InChI is InChI=1S/C21H16N4O4S/c1-11-19(12(2)26)30-21(24-11)25-16(14-4-3-7-23-10-14)15(18(28)20(25)29)17(27)13-5-8-22-9-6-13/h3-10,16,27H,1-2H3/b17-15+. The molecule has 1 saturated heterocycles. The normalized spacial score (nSPS) is 18.1. The highest BCUT2D eigenvalue weighted by Crippen LogP contribution is 2.43. The third-order valence-electron chi connectivity index (χ3n) is 4.71. The number of nitrogens with zero attached hydrogens (tertiary/aromatic N) is 4. The maximum Gasteiger partial charge on any atom is 0.301 e. The fraction of sp³-hybridized carbons (Fsp3) is 0.143. The van der Waals surface area contributed by atoms with E-state index in [1.54, 1.807) is 37.4 Å². The zero-order valence-corrected chi connectivity index (χ0v) is 16.9. The summed E-state index contributed by atoms with van der Waals surface area (Å²) in [5.74, 6) is -2.16. The fourth-order valence-electron chi connectivity index (χ4n) is 3.36. The number of aromatic nitrogens is 3. The van der Waals surface area contributed by atoms with Crippen LogP contribution in [0.2, 0.25) is 0 Å². The van der Waals surface area contributed by atoms with Crippen LogP contribution in [0.3, 0.4) is 0 Å². The minimum Gasteiger partial charge on any atom is -0.507 e. The predicted molar refractivity (Wildman–Crippen MR) is 110 cm³/mol.